The fraction of sp³-hybridized carbons (Fsp3) is 0.143. The van der Waals surface area contributed by atoms with Crippen molar-refractivity contribution < 1.29 is 18.7 Å². The number of nitrogens with zero attached hydrogens (tertiary/aromatic N) is 2. The standard InChI is InChI=1S/C28H21ClF2N4O2S2/c1-28(2)13-35(25-19(36)12-15(31)23(24(25)28)20-9-10-22(29)38-20)18-6-4-3-5-16(18)32-26(37)34-27-33-17-8-7-14(30)11-21(17)39-27/h3-12,36H,13H2,1-2H3,(H2,32,33,34,37). The van der Waals surface area contributed by atoms with Crippen LogP contribution < -0.4 is 15.5 Å². The highest BCUT2D eigenvalue weighted by Gasteiger charge is 2.42. The molecule has 2 aromatic heterocycles. The number of anilines is 4. The van der Waals surface area contributed by atoms with Gasteiger partial charge in [-0.1, -0.05) is 48.9 Å². The van der Waals surface area contributed by atoms with Crippen molar-refractivity contribution in [1.29, 1.82) is 0 Å². The minimum atomic E-state index is -0.549. The molecule has 11 heteroatoms. The van der Waals surface area contributed by atoms with E-state index in [-0.39, 0.29) is 11.6 Å². The zero-order chi connectivity index (χ0) is 27.5. The Bertz CT molecular complexity index is 1770. The number of para-hydroxylation sites is 2. The number of thiazole rings is 1. The molecule has 198 valence electrons. The number of phenols is 1. The Labute approximate surface area is 235 Å². The summed E-state index contributed by atoms with van der Waals surface area (Å²) < 4.78 is 30.0. The maximum Gasteiger partial charge on any atom is 0.325 e. The van der Waals surface area contributed by atoms with Crippen molar-refractivity contribution >= 4 is 72.7 Å². The van der Waals surface area contributed by atoms with Crippen LogP contribution in [0, 0.1) is 11.6 Å². The molecule has 0 fully saturated rings. The number of carbonyl (C=O) groups excluding carboxylic acids is 1. The predicted molar refractivity (Wildman–Crippen MR) is 155 cm³/mol. The molecule has 1 aliphatic heterocycles. The number of phenolic OH excluding ortho intramolecular Hbond substituents is 1. The van der Waals surface area contributed by atoms with Gasteiger partial charge in [0.2, 0.25) is 0 Å². The molecular formula is C28H21ClF2N4O2S2. The fourth-order valence-electron chi connectivity index (χ4n) is 5.02. The van der Waals surface area contributed by atoms with Crippen molar-refractivity contribution in [2.24, 2.45) is 0 Å². The molecule has 0 saturated heterocycles. The number of benzene rings is 3. The maximum absolute atomic E-state index is 15.3. The van der Waals surface area contributed by atoms with Gasteiger partial charge in [-0.2, -0.15) is 0 Å². The van der Waals surface area contributed by atoms with Gasteiger partial charge in [0.1, 0.15) is 17.4 Å². The number of hydrogen-bond donors (Lipinski definition) is 3. The summed E-state index contributed by atoms with van der Waals surface area (Å²) in [6.45, 7) is 4.40. The number of nitrogens with one attached hydrogen (secondary N) is 2. The summed E-state index contributed by atoms with van der Waals surface area (Å²) >= 11 is 8.61. The van der Waals surface area contributed by atoms with E-state index in [4.69, 9.17) is 11.6 Å². The number of halogens is 3. The highest BCUT2D eigenvalue weighted by Crippen LogP contribution is 2.55. The van der Waals surface area contributed by atoms with E-state index in [1.807, 2.05) is 30.9 Å². The molecule has 6 rings (SSSR count). The Morgan fingerprint density at radius 1 is 1.08 bits per heavy atom. The van der Waals surface area contributed by atoms with E-state index in [2.05, 4.69) is 15.6 Å². The molecule has 1 aliphatic rings. The molecule has 0 unspecified atom stereocenters. The molecule has 3 heterocycles. The van der Waals surface area contributed by atoms with Gasteiger partial charge in [-0.25, -0.2) is 18.6 Å². The number of urea groups is 1. The number of aromatic hydroxyl groups is 1. The third-order valence-corrected chi connectivity index (χ3v) is 8.75. The summed E-state index contributed by atoms with van der Waals surface area (Å²) in [6, 6.07) is 15.5. The van der Waals surface area contributed by atoms with E-state index in [1.165, 1.54) is 23.5 Å². The third-order valence-electron chi connectivity index (χ3n) is 6.57. The van der Waals surface area contributed by atoms with Crippen LogP contribution in [0.4, 0.5) is 35.8 Å². The van der Waals surface area contributed by atoms with Gasteiger partial charge in [-0.3, -0.25) is 5.32 Å². The molecule has 39 heavy (non-hydrogen) atoms. The van der Waals surface area contributed by atoms with Gasteiger partial charge >= 0.3 is 6.03 Å². The topological polar surface area (TPSA) is 77.5 Å². The first-order chi connectivity index (χ1) is 18.6. The normalized spacial score (nSPS) is 14.0. The number of rotatable bonds is 4. The van der Waals surface area contributed by atoms with Crippen LogP contribution in [0.2, 0.25) is 4.34 Å². The number of amides is 2. The quantitative estimate of drug-likeness (QED) is 0.198. The lowest BCUT2D eigenvalue weighted by atomic mass is 9.83. The van der Waals surface area contributed by atoms with E-state index < -0.39 is 17.3 Å². The molecule has 0 atom stereocenters. The molecule has 2 amide bonds. The molecule has 3 aromatic carbocycles. The minimum Gasteiger partial charge on any atom is -0.506 e. The van der Waals surface area contributed by atoms with Gasteiger partial charge in [0.05, 0.1) is 31.6 Å². The Hall–Kier alpha value is -3.73. The Kier molecular flexibility index (Phi) is 6.21. The number of carbonyl (C=O) groups is 1. The van der Waals surface area contributed by atoms with Crippen molar-refractivity contribution in [2.45, 2.75) is 19.3 Å². The van der Waals surface area contributed by atoms with E-state index in [9.17, 15) is 14.3 Å². The van der Waals surface area contributed by atoms with Crippen LogP contribution in [0.5, 0.6) is 5.75 Å². The first-order valence-electron chi connectivity index (χ1n) is 11.9. The average Bonchev–Trinajstić information content (AvgIpc) is 3.54. The van der Waals surface area contributed by atoms with Crippen LogP contribution in [-0.4, -0.2) is 22.7 Å². The zero-order valence-electron chi connectivity index (χ0n) is 20.7. The van der Waals surface area contributed by atoms with Crippen LogP contribution >= 0.6 is 34.3 Å². The monoisotopic (exact) mass is 582 g/mol. The average molecular weight is 583 g/mol. The zero-order valence-corrected chi connectivity index (χ0v) is 23.1. The van der Waals surface area contributed by atoms with Crippen LogP contribution in [0.3, 0.4) is 0 Å². The van der Waals surface area contributed by atoms with E-state index in [0.29, 0.717) is 59.3 Å². The van der Waals surface area contributed by atoms with Crippen molar-refractivity contribution in [3.8, 4) is 16.2 Å². The predicted octanol–water partition coefficient (Wildman–Crippen LogP) is 8.74. The number of hydrogen-bond acceptors (Lipinski definition) is 6. The number of fused-ring (bicyclic) bond motifs is 2. The van der Waals surface area contributed by atoms with Crippen LogP contribution in [-0.2, 0) is 5.41 Å². The lowest BCUT2D eigenvalue weighted by Crippen LogP contribution is -2.27. The van der Waals surface area contributed by atoms with E-state index in [1.54, 1.807) is 30.3 Å². The number of aromatic nitrogens is 1. The summed E-state index contributed by atoms with van der Waals surface area (Å²) in [5.41, 5.74) is 2.69. The van der Waals surface area contributed by atoms with E-state index >= 15 is 4.39 Å². The molecule has 3 N–H and O–H groups in total. The smallest absolute Gasteiger partial charge is 0.325 e. The summed E-state index contributed by atoms with van der Waals surface area (Å²) in [4.78, 5) is 19.9. The van der Waals surface area contributed by atoms with Crippen molar-refractivity contribution in [1.82, 2.24) is 4.98 Å². The Balaban J connectivity index is 1.36. The highest BCUT2D eigenvalue weighted by molar-refractivity contribution is 7.22. The van der Waals surface area contributed by atoms with Gasteiger partial charge in [0.15, 0.2) is 5.13 Å². The van der Waals surface area contributed by atoms with Crippen LogP contribution in [0.15, 0.2) is 60.7 Å². The second-order valence-corrected chi connectivity index (χ2v) is 12.5. The molecule has 6 nitrogen and oxygen atoms in total. The molecule has 0 spiro atoms. The van der Waals surface area contributed by atoms with Crippen molar-refractivity contribution in [3.05, 3.63) is 82.2 Å². The van der Waals surface area contributed by atoms with Crippen molar-refractivity contribution in [2.75, 3.05) is 22.1 Å². The van der Waals surface area contributed by atoms with Gasteiger partial charge < -0.3 is 15.3 Å². The molecule has 0 aliphatic carbocycles. The van der Waals surface area contributed by atoms with Gasteiger partial charge in [0, 0.05) is 28.5 Å². The van der Waals surface area contributed by atoms with Gasteiger partial charge in [-0.05, 0) is 48.0 Å². The second kappa shape index (κ2) is 9.48. The summed E-state index contributed by atoms with van der Waals surface area (Å²) in [6.07, 6.45) is 0. The largest absolute Gasteiger partial charge is 0.506 e. The van der Waals surface area contributed by atoms with Crippen molar-refractivity contribution in [3.63, 3.8) is 0 Å². The first kappa shape index (κ1) is 25.5. The summed E-state index contributed by atoms with van der Waals surface area (Å²) in [7, 11) is 0. The van der Waals surface area contributed by atoms with Gasteiger partial charge in [-0.15, -0.1) is 11.3 Å². The van der Waals surface area contributed by atoms with Crippen LogP contribution in [0.25, 0.3) is 20.7 Å². The third kappa shape index (κ3) is 4.58. The lowest BCUT2D eigenvalue weighted by molar-refractivity contribution is 0.262. The molecule has 0 bridgehead atoms. The Morgan fingerprint density at radius 2 is 1.87 bits per heavy atom. The number of thiophene rings is 1. The van der Waals surface area contributed by atoms with Gasteiger partial charge in [0.25, 0.3) is 0 Å². The molecule has 0 radical (unpaired) electrons. The second-order valence-electron chi connectivity index (χ2n) is 9.78. The summed E-state index contributed by atoms with van der Waals surface area (Å²) in [5, 5.41) is 16.9. The summed E-state index contributed by atoms with van der Waals surface area (Å²) in [5.74, 6) is -1.10. The van der Waals surface area contributed by atoms with Crippen LogP contribution in [0.1, 0.15) is 19.4 Å². The van der Waals surface area contributed by atoms with E-state index in [0.717, 1.165) is 17.4 Å². The first-order valence-corrected chi connectivity index (χ1v) is 13.9. The lowest BCUT2D eigenvalue weighted by Gasteiger charge is -2.25. The highest BCUT2D eigenvalue weighted by atomic mass is 35.5. The Morgan fingerprint density at radius 3 is 2.64 bits per heavy atom. The fourth-order valence-corrected chi connectivity index (χ4v) is 7.01. The SMILES string of the molecule is CC1(C)CN(c2ccccc2NC(=O)Nc2nc3ccc(F)cc3s2)c2c(O)cc(F)c(-c3ccc(Cl)s3)c21. The minimum absolute atomic E-state index is 0.194. The maximum atomic E-state index is 15.3. The molecular weight excluding hydrogens is 562 g/mol. The molecule has 0 saturated carbocycles. The molecule has 5 aromatic rings.